The number of ether oxygens (including phenoxy) is 1. The molecule has 0 aromatic heterocycles. The van der Waals surface area contributed by atoms with Crippen molar-refractivity contribution in [3.05, 3.63) is 65.2 Å². The lowest BCUT2D eigenvalue weighted by molar-refractivity contribution is 0.287. The van der Waals surface area contributed by atoms with Crippen LogP contribution in [-0.4, -0.2) is 6.61 Å². The fraction of sp³-hybridized carbons (Fsp3) is 0.200. The van der Waals surface area contributed by atoms with Gasteiger partial charge in [-0.2, -0.15) is 0 Å². The second-order valence-corrected chi connectivity index (χ2v) is 4.40. The van der Waals surface area contributed by atoms with E-state index in [0.717, 1.165) is 11.6 Å². The summed E-state index contributed by atoms with van der Waals surface area (Å²) in [7, 11) is 0. The molecule has 0 aliphatic rings. The monoisotopic (exact) mass is 263 g/mol. The highest BCUT2D eigenvalue weighted by Gasteiger charge is 2.12. The molecule has 100 valence electrons. The summed E-state index contributed by atoms with van der Waals surface area (Å²) in [5.74, 6) is -0.600. The van der Waals surface area contributed by atoms with Gasteiger partial charge in [-0.3, -0.25) is 0 Å². The Balaban J connectivity index is 2.01. The fourth-order valence-corrected chi connectivity index (χ4v) is 1.71. The van der Waals surface area contributed by atoms with Crippen molar-refractivity contribution in [2.75, 3.05) is 6.61 Å². The van der Waals surface area contributed by atoms with Crippen molar-refractivity contribution in [3.8, 4) is 5.75 Å². The van der Waals surface area contributed by atoms with Crippen LogP contribution in [0.4, 0.5) is 8.78 Å². The second kappa shape index (κ2) is 5.80. The molecule has 0 radical (unpaired) electrons. The summed E-state index contributed by atoms with van der Waals surface area (Å²) >= 11 is 0. The molecule has 0 saturated heterocycles. The Bertz CT molecular complexity index is 555. The predicted octanol–water partition coefficient (Wildman–Crippen LogP) is 3.35. The number of benzene rings is 2. The molecule has 0 saturated carbocycles. The zero-order valence-electron chi connectivity index (χ0n) is 10.6. The first-order chi connectivity index (χ1) is 9.06. The SMILES string of the molecule is Cc1ccc(OCC(N)c2ccc(F)cc2F)cc1. The van der Waals surface area contributed by atoms with Gasteiger partial charge in [0.05, 0.1) is 6.04 Å². The molecule has 0 aliphatic carbocycles. The van der Waals surface area contributed by atoms with Crippen LogP contribution in [0.3, 0.4) is 0 Å². The van der Waals surface area contributed by atoms with Crippen LogP contribution in [0.2, 0.25) is 0 Å². The first-order valence-electron chi connectivity index (χ1n) is 5.96. The van der Waals surface area contributed by atoms with E-state index in [1.165, 1.54) is 12.1 Å². The van der Waals surface area contributed by atoms with Gasteiger partial charge >= 0.3 is 0 Å². The third kappa shape index (κ3) is 3.51. The smallest absolute Gasteiger partial charge is 0.131 e. The lowest BCUT2D eigenvalue weighted by Crippen LogP contribution is -2.20. The molecule has 1 unspecified atom stereocenters. The predicted molar refractivity (Wildman–Crippen MR) is 70.0 cm³/mol. The van der Waals surface area contributed by atoms with E-state index in [1.54, 1.807) is 0 Å². The molecule has 2 N–H and O–H groups in total. The average Bonchev–Trinajstić information content (AvgIpc) is 2.37. The standard InChI is InChI=1S/C15H15F2NO/c1-10-2-5-12(6-3-10)19-9-15(18)13-7-4-11(16)8-14(13)17/h2-8,15H,9,18H2,1H3. The van der Waals surface area contributed by atoms with E-state index in [-0.39, 0.29) is 12.2 Å². The zero-order valence-corrected chi connectivity index (χ0v) is 10.6. The second-order valence-electron chi connectivity index (χ2n) is 4.40. The van der Waals surface area contributed by atoms with Crippen LogP contribution >= 0.6 is 0 Å². The van der Waals surface area contributed by atoms with Gasteiger partial charge < -0.3 is 10.5 Å². The fourth-order valence-electron chi connectivity index (χ4n) is 1.71. The Morgan fingerprint density at radius 3 is 2.42 bits per heavy atom. The zero-order chi connectivity index (χ0) is 13.8. The van der Waals surface area contributed by atoms with Crippen molar-refractivity contribution in [2.45, 2.75) is 13.0 Å². The summed E-state index contributed by atoms with van der Waals surface area (Å²) in [6.45, 7) is 2.11. The van der Waals surface area contributed by atoms with Gasteiger partial charge in [0, 0.05) is 11.6 Å². The molecule has 2 rings (SSSR count). The molecular weight excluding hydrogens is 248 g/mol. The summed E-state index contributed by atoms with van der Waals surface area (Å²) in [6.07, 6.45) is 0. The van der Waals surface area contributed by atoms with Crippen LogP contribution in [0, 0.1) is 18.6 Å². The Labute approximate surface area is 110 Å². The van der Waals surface area contributed by atoms with Crippen LogP contribution in [0.25, 0.3) is 0 Å². The van der Waals surface area contributed by atoms with Crippen molar-refractivity contribution in [1.82, 2.24) is 0 Å². The van der Waals surface area contributed by atoms with Gasteiger partial charge in [-0.1, -0.05) is 23.8 Å². The summed E-state index contributed by atoms with van der Waals surface area (Å²) < 4.78 is 31.8. The highest BCUT2D eigenvalue weighted by atomic mass is 19.1. The minimum atomic E-state index is -0.653. The van der Waals surface area contributed by atoms with Crippen molar-refractivity contribution < 1.29 is 13.5 Å². The maximum absolute atomic E-state index is 13.5. The third-order valence-electron chi connectivity index (χ3n) is 2.81. The van der Waals surface area contributed by atoms with E-state index in [0.29, 0.717) is 5.75 Å². The number of hydrogen-bond donors (Lipinski definition) is 1. The van der Waals surface area contributed by atoms with Gasteiger partial charge in [-0.15, -0.1) is 0 Å². The summed E-state index contributed by atoms with van der Waals surface area (Å²) in [4.78, 5) is 0. The Hall–Kier alpha value is -1.94. The highest BCUT2D eigenvalue weighted by Crippen LogP contribution is 2.18. The highest BCUT2D eigenvalue weighted by molar-refractivity contribution is 5.27. The molecule has 19 heavy (non-hydrogen) atoms. The minimum absolute atomic E-state index is 0.131. The van der Waals surface area contributed by atoms with Crippen molar-refractivity contribution in [1.29, 1.82) is 0 Å². The van der Waals surface area contributed by atoms with Crippen LogP contribution < -0.4 is 10.5 Å². The molecule has 1 atom stereocenters. The van der Waals surface area contributed by atoms with E-state index in [4.69, 9.17) is 10.5 Å². The number of rotatable bonds is 4. The molecule has 0 heterocycles. The summed E-state index contributed by atoms with van der Waals surface area (Å²) in [5, 5.41) is 0. The average molecular weight is 263 g/mol. The number of hydrogen-bond acceptors (Lipinski definition) is 2. The van der Waals surface area contributed by atoms with E-state index >= 15 is 0 Å². The molecule has 0 fully saturated rings. The molecular formula is C15H15F2NO. The lowest BCUT2D eigenvalue weighted by atomic mass is 10.1. The summed E-state index contributed by atoms with van der Waals surface area (Å²) in [6, 6.07) is 10.2. The molecule has 2 aromatic carbocycles. The molecule has 0 amide bonds. The van der Waals surface area contributed by atoms with Gasteiger partial charge in [0.25, 0.3) is 0 Å². The Morgan fingerprint density at radius 1 is 1.11 bits per heavy atom. The number of aryl methyl sites for hydroxylation is 1. The molecule has 2 nitrogen and oxygen atoms in total. The third-order valence-corrected chi connectivity index (χ3v) is 2.81. The number of nitrogens with two attached hydrogens (primary N) is 1. The van der Waals surface area contributed by atoms with Gasteiger partial charge in [0.15, 0.2) is 0 Å². The van der Waals surface area contributed by atoms with Crippen LogP contribution in [0.15, 0.2) is 42.5 Å². The molecule has 2 aromatic rings. The molecule has 4 heteroatoms. The maximum Gasteiger partial charge on any atom is 0.131 e. The lowest BCUT2D eigenvalue weighted by Gasteiger charge is -2.14. The minimum Gasteiger partial charge on any atom is -0.492 e. The summed E-state index contributed by atoms with van der Waals surface area (Å²) in [5.41, 5.74) is 7.21. The van der Waals surface area contributed by atoms with E-state index in [2.05, 4.69) is 0 Å². The largest absolute Gasteiger partial charge is 0.492 e. The van der Waals surface area contributed by atoms with Crippen molar-refractivity contribution >= 4 is 0 Å². The normalized spacial score (nSPS) is 12.2. The Kier molecular flexibility index (Phi) is 4.12. The molecule has 0 spiro atoms. The quantitative estimate of drug-likeness (QED) is 0.918. The Morgan fingerprint density at radius 2 is 1.79 bits per heavy atom. The first kappa shape index (κ1) is 13.5. The molecule has 0 aliphatic heterocycles. The van der Waals surface area contributed by atoms with E-state index in [9.17, 15) is 8.78 Å². The van der Waals surface area contributed by atoms with E-state index < -0.39 is 17.7 Å². The first-order valence-corrected chi connectivity index (χ1v) is 5.96. The van der Waals surface area contributed by atoms with Gasteiger partial charge in [-0.05, 0) is 25.1 Å². The maximum atomic E-state index is 13.5. The van der Waals surface area contributed by atoms with Gasteiger partial charge in [-0.25, -0.2) is 8.78 Å². The van der Waals surface area contributed by atoms with E-state index in [1.807, 2.05) is 31.2 Å². The van der Waals surface area contributed by atoms with Crippen molar-refractivity contribution in [2.24, 2.45) is 5.73 Å². The van der Waals surface area contributed by atoms with Crippen LogP contribution in [-0.2, 0) is 0 Å². The molecule has 0 bridgehead atoms. The van der Waals surface area contributed by atoms with Gasteiger partial charge in [0.2, 0.25) is 0 Å². The van der Waals surface area contributed by atoms with Gasteiger partial charge in [0.1, 0.15) is 24.0 Å². The van der Waals surface area contributed by atoms with Crippen LogP contribution in [0.1, 0.15) is 17.2 Å². The van der Waals surface area contributed by atoms with Crippen molar-refractivity contribution in [3.63, 3.8) is 0 Å². The van der Waals surface area contributed by atoms with Crippen LogP contribution in [0.5, 0.6) is 5.75 Å². The topological polar surface area (TPSA) is 35.2 Å². The number of halogens is 2.